The Morgan fingerprint density at radius 1 is 1.15 bits per heavy atom. The SMILES string of the molecule is CCCCCOc1ccc(/C=N\Nc2nc3c(c(=O)[nH]2)CN(Cc2ccccc2)CC3)cc1. The Morgan fingerprint density at radius 2 is 1.97 bits per heavy atom. The van der Waals surface area contributed by atoms with Crippen LogP contribution in [-0.2, 0) is 19.5 Å². The van der Waals surface area contributed by atoms with Crippen molar-refractivity contribution in [3.63, 3.8) is 0 Å². The molecule has 33 heavy (non-hydrogen) atoms. The van der Waals surface area contributed by atoms with Gasteiger partial charge in [-0.05, 0) is 41.8 Å². The van der Waals surface area contributed by atoms with Gasteiger partial charge in [-0.3, -0.25) is 14.7 Å². The Balaban J connectivity index is 1.32. The van der Waals surface area contributed by atoms with E-state index in [9.17, 15) is 4.79 Å². The Bertz CT molecular complexity index is 1110. The maximum Gasteiger partial charge on any atom is 0.257 e. The number of unbranched alkanes of at least 4 members (excludes halogenated alkanes) is 2. The molecule has 7 heteroatoms. The van der Waals surface area contributed by atoms with E-state index in [0.717, 1.165) is 55.1 Å². The maximum atomic E-state index is 12.7. The van der Waals surface area contributed by atoms with Crippen LogP contribution in [0.5, 0.6) is 5.75 Å². The summed E-state index contributed by atoms with van der Waals surface area (Å²) in [4.78, 5) is 22.3. The molecule has 0 bridgehead atoms. The van der Waals surface area contributed by atoms with E-state index < -0.39 is 0 Å². The van der Waals surface area contributed by atoms with Crippen molar-refractivity contribution in [1.29, 1.82) is 0 Å². The number of aromatic nitrogens is 2. The number of benzene rings is 2. The highest BCUT2D eigenvalue weighted by molar-refractivity contribution is 5.80. The number of aromatic amines is 1. The first-order valence-electron chi connectivity index (χ1n) is 11.6. The van der Waals surface area contributed by atoms with Crippen LogP contribution < -0.4 is 15.7 Å². The fourth-order valence-corrected chi connectivity index (χ4v) is 3.87. The molecule has 0 spiro atoms. The predicted octanol–water partition coefficient (Wildman–Crippen LogP) is 4.34. The molecule has 2 N–H and O–H groups in total. The lowest BCUT2D eigenvalue weighted by Gasteiger charge is -2.27. The third-order valence-electron chi connectivity index (χ3n) is 5.68. The minimum absolute atomic E-state index is 0.111. The maximum absolute atomic E-state index is 12.7. The third kappa shape index (κ3) is 6.52. The van der Waals surface area contributed by atoms with E-state index >= 15 is 0 Å². The number of nitrogens with one attached hydrogen (secondary N) is 2. The van der Waals surface area contributed by atoms with Gasteiger partial charge in [-0.1, -0.05) is 50.1 Å². The molecule has 1 aliphatic heterocycles. The number of hydrogen-bond acceptors (Lipinski definition) is 6. The van der Waals surface area contributed by atoms with E-state index in [2.05, 4.69) is 44.5 Å². The minimum Gasteiger partial charge on any atom is -0.494 e. The fraction of sp³-hybridized carbons (Fsp3) is 0.346. The number of hydrazone groups is 1. The largest absolute Gasteiger partial charge is 0.494 e. The molecule has 2 aromatic carbocycles. The van der Waals surface area contributed by atoms with E-state index in [1.54, 1.807) is 6.21 Å². The van der Waals surface area contributed by atoms with Crippen LogP contribution in [0.4, 0.5) is 5.95 Å². The molecule has 0 saturated heterocycles. The van der Waals surface area contributed by atoms with Crippen LogP contribution in [0.2, 0.25) is 0 Å². The van der Waals surface area contributed by atoms with Gasteiger partial charge in [0.25, 0.3) is 5.56 Å². The van der Waals surface area contributed by atoms with E-state index in [4.69, 9.17) is 4.74 Å². The summed E-state index contributed by atoms with van der Waals surface area (Å²) in [5, 5.41) is 4.23. The number of nitrogens with zero attached hydrogens (tertiary/aromatic N) is 3. The Kier molecular flexibility index (Phi) is 7.87. The molecule has 0 amide bonds. The van der Waals surface area contributed by atoms with Gasteiger partial charge in [0.05, 0.1) is 24.1 Å². The molecule has 172 valence electrons. The number of fused-ring (bicyclic) bond motifs is 1. The van der Waals surface area contributed by atoms with Gasteiger partial charge >= 0.3 is 0 Å². The van der Waals surface area contributed by atoms with Crippen LogP contribution in [-0.4, -0.2) is 34.2 Å². The highest BCUT2D eigenvalue weighted by atomic mass is 16.5. The second-order valence-corrected chi connectivity index (χ2v) is 8.28. The summed E-state index contributed by atoms with van der Waals surface area (Å²) in [5.74, 6) is 1.22. The van der Waals surface area contributed by atoms with Crippen LogP contribution in [0.3, 0.4) is 0 Å². The van der Waals surface area contributed by atoms with Gasteiger partial charge in [0.2, 0.25) is 5.95 Å². The zero-order chi connectivity index (χ0) is 22.9. The van der Waals surface area contributed by atoms with Crippen LogP contribution in [0.15, 0.2) is 64.5 Å². The van der Waals surface area contributed by atoms with Crippen molar-refractivity contribution in [2.45, 2.75) is 45.7 Å². The average molecular weight is 446 g/mol. The molecule has 0 atom stereocenters. The molecule has 0 fully saturated rings. The van der Waals surface area contributed by atoms with Crippen LogP contribution >= 0.6 is 0 Å². The summed E-state index contributed by atoms with van der Waals surface area (Å²) in [5.41, 5.74) is 6.50. The second-order valence-electron chi connectivity index (χ2n) is 8.28. The Hall–Kier alpha value is -3.45. The Morgan fingerprint density at radius 3 is 2.76 bits per heavy atom. The first kappa shape index (κ1) is 22.7. The first-order chi connectivity index (χ1) is 16.2. The van der Waals surface area contributed by atoms with E-state index in [1.807, 2.05) is 42.5 Å². The summed E-state index contributed by atoms with van der Waals surface area (Å²) in [6.07, 6.45) is 5.87. The van der Waals surface area contributed by atoms with Gasteiger partial charge in [0, 0.05) is 26.1 Å². The molecule has 4 rings (SSSR count). The number of H-pyrrole nitrogens is 1. The minimum atomic E-state index is -0.111. The van der Waals surface area contributed by atoms with E-state index in [0.29, 0.717) is 12.5 Å². The first-order valence-corrected chi connectivity index (χ1v) is 11.6. The summed E-state index contributed by atoms with van der Waals surface area (Å²) < 4.78 is 5.73. The van der Waals surface area contributed by atoms with Crippen molar-refractivity contribution in [1.82, 2.24) is 14.9 Å². The van der Waals surface area contributed by atoms with Crippen molar-refractivity contribution in [2.24, 2.45) is 5.10 Å². The van der Waals surface area contributed by atoms with E-state index in [-0.39, 0.29) is 5.56 Å². The van der Waals surface area contributed by atoms with Crippen molar-refractivity contribution in [3.05, 3.63) is 87.3 Å². The summed E-state index contributed by atoms with van der Waals surface area (Å²) in [7, 11) is 0. The topological polar surface area (TPSA) is 82.6 Å². The van der Waals surface area contributed by atoms with Gasteiger partial charge in [0.1, 0.15) is 5.75 Å². The fourth-order valence-electron chi connectivity index (χ4n) is 3.87. The molecule has 2 heterocycles. The predicted molar refractivity (Wildman–Crippen MR) is 132 cm³/mol. The van der Waals surface area contributed by atoms with Crippen molar-refractivity contribution in [3.8, 4) is 5.75 Å². The average Bonchev–Trinajstić information content (AvgIpc) is 2.84. The highest BCUT2D eigenvalue weighted by Crippen LogP contribution is 2.17. The molecule has 1 aromatic heterocycles. The monoisotopic (exact) mass is 445 g/mol. The lowest BCUT2D eigenvalue weighted by molar-refractivity contribution is 0.242. The quantitative estimate of drug-likeness (QED) is 0.276. The van der Waals surface area contributed by atoms with Gasteiger partial charge in [-0.15, -0.1) is 0 Å². The third-order valence-corrected chi connectivity index (χ3v) is 5.68. The van der Waals surface area contributed by atoms with Gasteiger partial charge in [0.15, 0.2) is 0 Å². The van der Waals surface area contributed by atoms with Crippen molar-refractivity contribution in [2.75, 3.05) is 18.6 Å². The lowest BCUT2D eigenvalue weighted by atomic mass is 10.1. The van der Waals surface area contributed by atoms with Gasteiger partial charge < -0.3 is 4.74 Å². The smallest absolute Gasteiger partial charge is 0.257 e. The molecule has 3 aromatic rings. The molecule has 7 nitrogen and oxygen atoms in total. The number of hydrogen-bond donors (Lipinski definition) is 2. The second kappa shape index (κ2) is 11.4. The molecule has 0 aliphatic carbocycles. The molecule has 0 radical (unpaired) electrons. The van der Waals surface area contributed by atoms with E-state index in [1.165, 1.54) is 18.4 Å². The normalized spacial score (nSPS) is 13.7. The number of rotatable bonds is 10. The Labute approximate surface area is 194 Å². The van der Waals surface area contributed by atoms with Crippen LogP contribution in [0.25, 0.3) is 0 Å². The molecule has 0 unspecified atom stereocenters. The summed E-state index contributed by atoms with van der Waals surface area (Å²) in [6.45, 7) is 5.21. The van der Waals surface area contributed by atoms with Crippen molar-refractivity contribution < 1.29 is 4.74 Å². The number of ether oxygens (including phenoxy) is 1. The highest BCUT2D eigenvalue weighted by Gasteiger charge is 2.21. The summed E-state index contributed by atoms with van der Waals surface area (Å²) >= 11 is 0. The standard InChI is InChI=1S/C26H31N5O2/c1-2-3-7-16-33-22-12-10-20(11-13-22)17-27-30-26-28-24-14-15-31(19-23(24)25(32)29-26)18-21-8-5-4-6-9-21/h4-6,8-13,17H,2-3,7,14-16,18-19H2,1H3,(H2,28,29,30,32)/b27-17-. The molecular formula is C26H31N5O2. The lowest BCUT2D eigenvalue weighted by Crippen LogP contribution is -2.35. The van der Waals surface area contributed by atoms with Gasteiger partial charge in [-0.2, -0.15) is 5.10 Å². The zero-order valence-corrected chi connectivity index (χ0v) is 19.1. The van der Waals surface area contributed by atoms with Crippen LogP contribution in [0, 0.1) is 0 Å². The molecule has 1 aliphatic rings. The van der Waals surface area contributed by atoms with Gasteiger partial charge in [-0.25, -0.2) is 10.4 Å². The van der Waals surface area contributed by atoms with Crippen molar-refractivity contribution >= 4 is 12.2 Å². The molecular weight excluding hydrogens is 414 g/mol. The summed E-state index contributed by atoms with van der Waals surface area (Å²) in [6, 6.07) is 18.1. The van der Waals surface area contributed by atoms with Crippen LogP contribution in [0.1, 0.15) is 48.6 Å². The molecule has 0 saturated carbocycles. The zero-order valence-electron chi connectivity index (χ0n) is 19.1. The number of anilines is 1.